The predicted octanol–water partition coefficient (Wildman–Crippen LogP) is 2.71. The third-order valence-electron chi connectivity index (χ3n) is 2.99. The first-order chi connectivity index (χ1) is 9.15. The molecule has 1 aromatic carbocycles. The molecule has 0 aliphatic rings. The molecule has 0 amide bonds. The van der Waals surface area contributed by atoms with Gasteiger partial charge in [0.05, 0.1) is 7.11 Å². The van der Waals surface area contributed by atoms with Gasteiger partial charge in [-0.1, -0.05) is 31.2 Å². The van der Waals surface area contributed by atoms with Gasteiger partial charge in [0, 0.05) is 0 Å². The van der Waals surface area contributed by atoms with E-state index in [1.807, 2.05) is 24.3 Å². The summed E-state index contributed by atoms with van der Waals surface area (Å²) in [6.07, 6.45) is 0.0631. The normalized spacial score (nSPS) is 12.2. The Morgan fingerprint density at radius 3 is 2.53 bits per heavy atom. The van der Waals surface area contributed by atoms with Crippen molar-refractivity contribution in [2.75, 3.05) is 7.11 Å². The zero-order chi connectivity index (χ0) is 13.8. The Balaban J connectivity index is 2.20. The molecule has 19 heavy (non-hydrogen) atoms. The van der Waals surface area contributed by atoms with Crippen LogP contribution in [-0.4, -0.2) is 18.2 Å². The molecule has 0 radical (unpaired) electrons. The summed E-state index contributed by atoms with van der Waals surface area (Å²) < 4.78 is 9.84. The Labute approximate surface area is 111 Å². The smallest absolute Gasteiger partial charge is 0.373 e. The molecular formula is C15H16O4. The van der Waals surface area contributed by atoms with Crippen molar-refractivity contribution >= 4 is 5.97 Å². The van der Waals surface area contributed by atoms with Crippen LogP contribution in [0.2, 0.25) is 0 Å². The Morgan fingerprint density at radius 1 is 1.26 bits per heavy atom. The highest BCUT2D eigenvalue weighted by Crippen LogP contribution is 2.24. The van der Waals surface area contributed by atoms with Crippen molar-refractivity contribution in [3.63, 3.8) is 0 Å². The van der Waals surface area contributed by atoms with Crippen molar-refractivity contribution in [1.29, 1.82) is 0 Å². The molecule has 0 spiro atoms. The average molecular weight is 260 g/mol. The van der Waals surface area contributed by atoms with E-state index in [0.717, 1.165) is 12.0 Å². The largest absolute Gasteiger partial charge is 0.463 e. The lowest BCUT2D eigenvalue weighted by molar-refractivity contribution is 0.0558. The fourth-order valence-electron chi connectivity index (χ4n) is 1.81. The lowest BCUT2D eigenvalue weighted by Crippen LogP contribution is -2.00. The number of methoxy groups -OCH3 is 1. The minimum Gasteiger partial charge on any atom is -0.463 e. The fourth-order valence-corrected chi connectivity index (χ4v) is 1.81. The Hall–Kier alpha value is -2.07. The van der Waals surface area contributed by atoms with E-state index < -0.39 is 12.1 Å². The topological polar surface area (TPSA) is 59.7 Å². The molecule has 1 aromatic heterocycles. The van der Waals surface area contributed by atoms with Gasteiger partial charge < -0.3 is 14.3 Å². The number of aliphatic hydroxyl groups is 1. The summed E-state index contributed by atoms with van der Waals surface area (Å²) in [5, 5.41) is 10.2. The van der Waals surface area contributed by atoms with Crippen molar-refractivity contribution in [3.8, 4) is 0 Å². The van der Waals surface area contributed by atoms with Gasteiger partial charge in [-0.25, -0.2) is 4.79 Å². The fraction of sp³-hybridized carbons (Fsp3) is 0.267. The van der Waals surface area contributed by atoms with Crippen molar-refractivity contribution in [2.45, 2.75) is 19.4 Å². The van der Waals surface area contributed by atoms with Gasteiger partial charge in [-0.05, 0) is 29.7 Å². The number of aryl methyl sites for hydroxylation is 1. The number of carbonyl (C=O) groups excluding carboxylic acids is 1. The summed E-state index contributed by atoms with van der Waals surface area (Å²) in [7, 11) is 1.28. The Morgan fingerprint density at radius 2 is 1.95 bits per heavy atom. The van der Waals surface area contributed by atoms with Crippen LogP contribution in [0.25, 0.3) is 0 Å². The molecular weight excluding hydrogens is 244 g/mol. The molecule has 1 atom stereocenters. The number of hydrogen-bond donors (Lipinski definition) is 1. The third kappa shape index (κ3) is 2.85. The number of benzene rings is 1. The summed E-state index contributed by atoms with van der Waals surface area (Å²) in [5.41, 5.74) is 1.92. The molecule has 1 unspecified atom stereocenters. The highest BCUT2D eigenvalue weighted by Gasteiger charge is 2.17. The number of aliphatic hydroxyl groups excluding tert-OH is 1. The molecule has 1 heterocycles. The molecule has 100 valence electrons. The Kier molecular flexibility index (Phi) is 4.02. The van der Waals surface area contributed by atoms with Gasteiger partial charge in [0.2, 0.25) is 5.76 Å². The van der Waals surface area contributed by atoms with Crippen LogP contribution in [0.3, 0.4) is 0 Å². The second-order valence-electron chi connectivity index (χ2n) is 4.19. The summed E-state index contributed by atoms with van der Waals surface area (Å²) in [6.45, 7) is 2.07. The van der Waals surface area contributed by atoms with E-state index in [-0.39, 0.29) is 5.76 Å². The molecule has 2 aromatic rings. The van der Waals surface area contributed by atoms with Gasteiger partial charge >= 0.3 is 5.97 Å². The van der Waals surface area contributed by atoms with Gasteiger partial charge in [0.1, 0.15) is 11.9 Å². The monoisotopic (exact) mass is 260 g/mol. The van der Waals surface area contributed by atoms with Crippen LogP contribution in [-0.2, 0) is 11.2 Å². The summed E-state index contributed by atoms with van der Waals surface area (Å²) in [6, 6.07) is 10.7. The maximum atomic E-state index is 11.3. The van der Waals surface area contributed by atoms with Crippen LogP contribution >= 0.6 is 0 Å². The average Bonchev–Trinajstić information content (AvgIpc) is 2.95. The van der Waals surface area contributed by atoms with Crippen LogP contribution in [0.15, 0.2) is 40.8 Å². The predicted molar refractivity (Wildman–Crippen MR) is 69.9 cm³/mol. The highest BCUT2D eigenvalue weighted by atomic mass is 16.5. The van der Waals surface area contributed by atoms with E-state index >= 15 is 0 Å². The van der Waals surface area contributed by atoms with E-state index in [1.165, 1.54) is 18.7 Å². The molecule has 1 N–H and O–H groups in total. The van der Waals surface area contributed by atoms with Gasteiger partial charge in [0.15, 0.2) is 0 Å². The van der Waals surface area contributed by atoms with Gasteiger partial charge in [-0.15, -0.1) is 0 Å². The molecule has 0 bridgehead atoms. The molecule has 0 aliphatic heterocycles. The molecule has 0 saturated carbocycles. The quantitative estimate of drug-likeness (QED) is 0.859. The zero-order valence-electron chi connectivity index (χ0n) is 10.9. The second-order valence-corrected chi connectivity index (χ2v) is 4.19. The third-order valence-corrected chi connectivity index (χ3v) is 2.99. The molecule has 4 nitrogen and oxygen atoms in total. The number of ether oxygens (including phenoxy) is 1. The summed E-state index contributed by atoms with van der Waals surface area (Å²) in [5.74, 6) is -0.147. The highest BCUT2D eigenvalue weighted by molar-refractivity contribution is 5.86. The van der Waals surface area contributed by atoms with Crippen molar-refractivity contribution in [1.82, 2.24) is 0 Å². The number of hydrogen-bond acceptors (Lipinski definition) is 4. The zero-order valence-corrected chi connectivity index (χ0v) is 10.9. The van der Waals surface area contributed by atoms with Crippen molar-refractivity contribution in [2.24, 2.45) is 0 Å². The molecule has 0 aliphatic carbocycles. The minimum atomic E-state index is -0.885. The SMILES string of the molecule is CCc1ccc(C(O)c2ccc(C(=O)OC)o2)cc1. The van der Waals surface area contributed by atoms with E-state index in [1.54, 1.807) is 6.07 Å². The van der Waals surface area contributed by atoms with E-state index in [0.29, 0.717) is 5.76 Å². The van der Waals surface area contributed by atoms with Crippen molar-refractivity contribution in [3.05, 3.63) is 59.0 Å². The van der Waals surface area contributed by atoms with E-state index in [4.69, 9.17) is 4.42 Å². The van der Waals surface area contributed by atoms with Crippen LogP contribution < -0.4 is 0 Å². The first-order valence-corrected chi connectivity index (χ1v) is 6.10. The lowest BCUT2D eigenvalue weighted by Gasteiger charge is -2.08. The number of rotatable bonds is 4. The molecule has 0 saturated heterocycles. The molecule has 4 heteroatoms. The Bertz CT molecular complexity index is 554. The van der Waals surface area contributed by atoms with Crippen LogP contribution in [0.4, 0.5) is 0 Å². The maximum absolute atomic E-state index is 11.3. The van der Waals surface area contributed by atoms with E-state index in [9.17, 15) is 9.90 Å². The van der Waals surface area contributed by atoms with Gasteiger partial charge in [-0.2, -0.15) is 0 Å². The second kappa shape index (κ2) is 5.71. The first-order valence-electron chi connectivity index (χ1n) is 6.10. The first kappa shape index (κ1) is 13.4. The van der Waals surface area contributed by atoms with Crippen molar-refractivity contribution < 1.29 is 19.1 Å². The molecule has 2 rings (SSSR count). The number of furan rings is 1. The summed E-state index contributed by atoms with van der Waals surface area (Å²) in [4.78, 5) is 11.3. The maximum Gasteiger partial charge on any atom is 0.373 e. The van der Waals surface area contributed by atoms with E-state index in [2.05, 4.69) is 11.7 Å². The minimum absolute atomic E-state index is 0.0849. The summed E-state index contributed by atoms with van der Waals surface area (Å²) >= 11 is 0. The standard InChI is InChI=1S/C15H16O4/c1-3-10-4-6-11(7-5-10)14(16)12-8-9-13(19-12)15(17)18-2/h4-9,14,16H,3H2,1-2H3. The van der Waals surface area contributed by atoms with Crippen LogP contribution in [0.5, 0.6) is 0 Å². The lowest BCUT2D eigenvalue weighted by atomic mass is 10.0. The van der Waals surface area contributed by atoms with Crippen LogP contribution in [0, 0.1) is 0 Å². The number of esters is 1. The van der Waals surface area contributed by atoms with Crippen LogP contribution in [0.1, 0.15) is 40.5 Å². The van der Waals surface area contributed by atoms with Gasteiger partial charge in [-0.3, -0.25) is 0 Å². The molecule has 0 fully saturated rings. The van der Waals surface area contributed by atoms with Gasteiger partial charge in [0.25, 0.3) is 0 Å². The number of carbonyl (C=O) groups is 1.